The molecule has 0 saturated carbocycles. The Kier molecular flexibility index (Phi) is 4.82. The second-order valence-corrected chi connectivity index (χ2v) is 6.18. The second kappa shape index (κ2) is 7.20. The molecule has 0 bridgehead atoms. The molecule has 0 aliphatic heterocycles. The molecule has 1 heterocycles. The predicted molar refractivity (Wildman–Crippen MR) is 98.7 cm³/mol. The van der Waals surface area contributed by atoms with Crippen molar-refractivity contribution in [2.45, 2.75) is 0 Å². The molecule has 4 nitrogen and oxygen atoms in total. The third-order valence-electron chi connectivity index (χ3n) is 3.61. The summed E-state index contributed by atoms with van der Waals surface area (Å²) in [6, 6.07) is 19.6. The third-order valence-corrected chi connectivity index (χ3v) is 4.13. The zero-order valence-corrected chi connectivity index (χ0v) is 14.5. The number of hydrogen-bond donors (Lipinski definition) is 1. The SMILES string of the molecule is N#C/C(=C\c1ccc(-c2ccc(Br)cc2)o1)c1ccc(C(=O)O)cc1. The molecule has 0 unspecified atom stereocenters. The van der Waals surface area contributed by atoms with Crippen molar-refractivity contribution in [1.82, 2.24) is 0 Å². The van der Waals surface area contributed by atoms with Crippen LogP contribution in [-0.4, -0.2) is 11.1 Å². The van der Waals surface area contributed by atoms with Crippen molar-refractivity contribution in [3.63, 3.8) is 0 Å². The van der Waals surface area contributed by atoms with Crippen LogP contribution in [0.3, 0.4) is 0 Å². The average Bonchev–Trinajstić information content (AvgIpc) is 3.09. The van der Waals surface area contributed by atoms with Gasteiger partial charge in [-0.1, -0.05) is 40.2 Å². The first-order valence-corrected chi connectivity index (χ1v) is 8.17. The third kappa shape index (κ3) is 3.87. The van der Waals surface area contributed by atoms with Gasteiger partial charge < -0.3 is 9.52 Å². The lowest BCUT2D eigenvalue weighted by atomic mass is 10.0. The van der Waals surface area contributed by atoms with Gasteiger partial charge in [-0.15, -0.1) is 0 Å². The molecule has 0 spiro atoms. The molecule has 1 aromatic heterocycles. The smallest absolute Gasteiger partial charge is 0.335 e. The molecule has 0 saturated heterocycles. The van der Waals surface area contributed by atoms with Gasteiger partial charge >= 0.3 is 5.97 Å². The van der Waals surface area contributed by atoms with Crippen molar-refractivity contribution in [3.05, 3.63) is 82.0 Å². The molecule has 122 valence electrons. The van der Waals surface area contributed by atoms with Crippen LogP contribution in [0.1, 0.15) is 21.7 Å². The van der Waals surface area contributed by atoms with E-state index >= 15 is 0 Å². The van der Waals surface area contributed by atoms with E-state index in [1.807, 2.05) is 30.3 Å². The van der Waals surface area contributed by atoms with Crippen molar-refractivity contribution in [1.29, 1.82) is 5.26 Å². The van der Waals surface area contributed by atoms with E-state index in [1.54, 1.807) is 24.3 Å². The molecule has 0 amide bonds. The van der Waals surface area contributed by atoms with E-state index in [0.29, 0.717) is 22.7 Å². The van der Waals surface area contributed by atoms with Crippen LogP contribution in [-0.2, 0) is 0 Å². The Morgan fingerprint density at radius 1 is 1.00 bits per heavy atom. The first-order chi connectivity index (χ1) is 12.1. The Bertz CT molecular complexity index is 977. The van der Waals surface area contributed by atoms with Crippen LogP contribution in [0, 0.1) is 11.3 Å². The highest BCUT2D eigenvalue weighted by Gasteiger charge is 2.08. The molecule has 25 heavy (non-hydrogen) atoms. The fourth-order valence-electron chi connectivity index (χ4n) is 2.31. The van der Waals surface area contributed by atoms with Gasteiger partial charge in [0.1, 0.15) is 11.5 Å². The highest BCUT2D eigenvalue weighted by atomic mass is 79.9. The molecule has 0 aliphatic rings. The number of carboxylic acid groups (broad SMARTS) is 1. The van der Waals surface area contributed by atoms with Gasteiger partial charge in [-0.25, -0.2) is 4.79 Å². The van der Waals surface area contributed by atoms with Crippen molar-refractivity contribution in [2.24, 2.45) is 0 Å². The molecule has 3 rings (SSSR count). The van der Waals surface area contributed by atoms with Gasteiger partial charge in [0.15, 0.2) is 0 Å². The van der Waals surface area contributed by atoms with Crippen LogP contribution in [0.2, 0.25) is 0 Å². The maximum atomic E-state index is 10.9. The lowest BCUT2D eigenvalue weighted by molar-refractivity contribution is 0.0697. The highest BCUT2D eigenvalue weighted by Crippen LogP contribution is 2.26. The van der Waals surface area contributed by atoms with Crippen molar-refractivity contribution in [3.8, 4) is 17.4 Å². The summed E-state index contributed by atoms with van der Waals surface area (Å²) >= 11 is 3.39. The lowest BCUT2D eigenvalue weighted by Gasteiger charge is -2.00. The first kappa shape index (κ1) is 16.7. The molecule has 0 aliphatic carbocycles. The number of hydrogen-bond acceptors (Lipinski definition) is 3. The summed E-state index contributed by atoms with van der Waals surface area (Å²) in [6.45, 7) is 0. The minimum Gasteiger partial charge on any atom is -0.478 e. The molecule has 2 aromatic carbocycles. The monoisotopic (exact) mass is 393 g/mol. The maximum absolute atomic E-state index is 10.9. The van der Waals surface area contributed by atoms with E-state index in [0.717, 1.165) is 10.0 Å². The van der Waals surface area contributed by atoms with Crippen LogP contribution in [0.5, 0.6) is 0 Å². The number of carboxylic acids is 1. The summed E-state index contributed by atoms with van der Waals surface area (Å²) in [6.07, 6.45) is 1.64. The molecule has 0 radical (unpaired) electrons. The van der Waals surface area contributed by atoms with Gasteiger partial charge in [0.2, 0.25) is 0 Å². The Morgan fingerprint density at radius 3 is 2.24 bits per heavy atom. The normalized spacial score (nSPS) is 11.1. The zero-order chi connectivity index (χ0) is 17.8. The van der Waals surface area contributed by atoms with Crippen LogP contribution in [0.15, 0.2) is 69.6 Å². The van der Waals surface area contributed by atoms with Crippen molar-refractivity contribution < 1.29 is 14.3 Å². The molecule has 0 fully saturated rings. The van der Waals surface area contributed by atoms with E-state index in [1.165, 1.54) is 12.1 Å². The number of rotatable bonds is 4. The van der Waals surface area contributed by atoms with Crippen LogP contribution < -0.4 is 0 Å². The first-order valence-electron chi connectivity index (χ1n) is 7.38. The predicted octanol–water partition coefficient (Wildman–Crippen LogP) is 5.47. The van der Waals surface area contributed by atoms with Crippen molar-refractivity contribution >= 4 is 33.5 Å². The fraction of sp³-hybridized carbons (Fsp3) is 0. The molecule has 5 heteroatoms. The molecular weight excluding hydrogens is 382 g/mol. The summed E-state index contributed by atoms with van der Waals surface area (Å²) in [4.78, 5) is 10.9. The summed E-state index contributed by atoms with van der Waals surface area (Å²) < 4.78 is 6.77. The van der Waals surface area contributed by atoms with Gasteiger partial charge in [0, 0.05) is 10.0 Å². The molecule has 3 aromatic rings. The highest BCUT2D eigenvalue weighted by molar-refractivity contribution is 9.10. The second-order valence-electron chi connectivity index (χ2n) is 5.26. The molecular formula is C20H12BrNO3. The largest absolute Gasteiger partial charge is 0.478 e. The van der Waals surface area contributed by atoms with Gasteiger partial charge in [-0.3, -0.25) is 0 Å². The van der Waals surface area contributed by atoms with E-state index in [-0.39, 0.29) is 5.56 Å². The van der Waals surface area contributed by atoms with Gasteiger partial charge in [0.05, 0.1) is 17.2 Å². The van der Waals surface area contributed by atoms with Crippen LogP contribution >= 0.6 is 15.9 Å². The Morgan fingerprint density at radius 2 is 1.64 bits per heavy atom. The van der Waals surface area contributed by atoms with Crippen LogP contribution in [0.4, 0.5) is 0 Å². The Labute approximate surface area is 152 Å². The van der Waals surface area contributed by atoms with Gasteiger partial charge in [-0.05, 0) is 48.0 Å². The van der Waals surface area contributed by atoms with Gasteiger partial charge in [-0.2, -0.15) is 5.26 Å². The molecule has 1 N–H and O–H groups in total. The summed E-state index contributed by atoms with van der Waals surface area (Å²) in [5.41, 5.74) is 2.14. The summed E-state index contributed by atoms with van der Waals surface area (Å²) in [5, 5.41) is 18.3. The van der Waals surface area contributed by atoms with E-state index < -0.39 is 5.97 Å². The maximum Gasteiger partial charge on any atom is 0.335 e. The van der Waals surface area contributed by atoms with Gasteiger partial charge in [0.25, 0.3) is 0 Å². The quantitative estimate of drug-likeness (QED) is 0.596. The number of carbonyl (C=O) groups is 1. The fourth-order valence-corrected chi connectivity index (χ4v) is 2.58. The number of benzene rings is 2. The zero-order valence-electron chi connectivity index (χ0n) is 12.9. The molecule has 0 atom stereocenters. The summed E-state index contributed by atoms with van der Waals surface area (Å²) in [5.74, 6) is 0.258. The summed E-state index contributed by atoms with van der Waals surface area (Å²) in [7, 11) is 0. The van der Waals surface area contributed by atoms with Crippen LogP contribution in [0.25, 0.3) is 23.0 Å². The van der Waals surface area contributed by atoms with Crippen molar-refractivity contribution in [2.75, 3.05) is 0 Å². The number of allylic oxidation sites excluding steroid dienone is 1. The van der Waals surface area contributed by atoms with E-state index in [4.69, 9.17) is 9.52 Å². The minimum absolute atomic E-state index is 0.177. The lowest BCUT2D eigenvalue weighted by Crippen LogP contribution is -1.95. The number of furan rings is 1. The number of halogens is 1. The number of nitriles is 1. The number of nitrogens with zero attached hydrogens (tertiary/aromatic N) is 1. The minimum atomic E-state index is -1.00. The Hall–Kier alpha value is -3.10. The topological polar surface area (TPSA) is 74.2 Å². The van der Waals surface area contributed by atoms with E-state index in [9.17, 15) is 10.1 Å². The average molecular weight is 394 g/mol. The van der Waals surface area contributed by atoms with E-state index in [2.05, 4.69) is 22.0 Å². The Balaban J connectivity index is 1.89. The number of aromatic carboxylic acids is 1. The standard InChI is InChI=1S/C20H12BrNO3/c21-17-7-5-14(6-8-17)19-10-9-18(25-19)11-16(12-22)13-1-3-15(4-2-13)20(23)24/h1-11H,(H,23,24)/b16-11+.